The molecule has 0 radical (unpaired) electrons. The van der Waals surface area contributed by atoms with Gasteiger partial charge in [0.15, 0.2) is 0 Å². The van der Waals surface area contributed by atoms with Gasteiger partial charge in [0.2, 0.25) is 17.8 Å². The summed E-state index contributed by atoms with van der Waals surface area (Å²) in [5.41, 5.74) is 1.99. The summed E-state index contributed by atoms with van der Waals surface area (Å²) in [7, 11) is 1.69. The van der Waals surface area contributed by atoms with Crippen LogP contribution in [0.2, 0.25) is 0 Å². The number of likely N-dealkylation sites (tertiary alicyclic amines) is 1. The smallest absolute Gasteiger partial charge is 0.233 e. The molecule has 8 heteroatoms. The van der Waals surface area contributed by atoms with Crippen LogP contribution in [0.5, 0.6) is 5.75 Å². The Balaban J connectivity index is 1.52. The molecule has 1 aliphatic carbocycles. The van der Waals surface area contributed by atoms with E-state index in [2.05, 4.69) is 27.8 Å². The lowest BCUT2D eigenvalue weighted by Gasteiger charge is -2.23. The fourth-order valence-electron chi connectivity index (χ4n) is 5.02. The minimum absolute atomic E-state index is 0.421. The van der Waals surface area contributed by atoms with Crippen LogP contribution in [-0.2, 0) is 0 Å². The lowest BCUT2D eigenvalue weighted by Crippen LogP contribution is -2.35. The molecule has 8 nitrogen and oxygen atoms in total. The highest BCUT2D eigenvalue weighted by Crippen LogP contribution is 2.25. The molecule has 2 aliphatic rings. The Labute approximate surface area is 197 Å². The highest BCUT2D eigenvalue weighted by atomic mass is 16.5. The van der Waals surface area contributed by atoms with E-state index in [0.717, 1.165) is 30.1 Å². The zero-order valence-electron chi connectivity index (χ0n) is 20.4. The maximum absolute atomic E-state index is 5.39. The Morgan fingerprint density at radius 3 is 2.45 bits per heavy atom. The fourth-order valence-corrected chi connectivity index (χ4v) is 5.02. The number of hydrogen-bond donors (Lipinski definition) is 3. The minimum Gasteiger partial charge on any atom is -0.496 e. The van der Waals surface area contributed by atoms with Gasteiger partial charge < -0.3 is 20.7 Å². The van der Waals surface area contributed by atoms with Crippen molar-refractivity contribution >= 4 is 23.5 Å². The van der Waals surface area contributed by atoms with Gasteiger partial charge in [-0.05, 0) is 69.5 Å². The van der Waals surface area contributed by atoms with E-state index < -0.39 is 0 Å². The first kappa shape index (κ1) is 23.5. The van der Waals surface area contributed by atoms with Gasteiger partial charge in [-0.15, -0.1) is 0 Å². The Kier molecular flexibility index (Phi) is 8.20. The number of rotatable bonds is 9. The van der Waals surface area contributed by atoms with Gasteiger partial charge in [-0.1, -0.05) is 32.6 Å². The van der Waals surface area contributed by atoms with Crippen LogP contribution in [0.3, 0.4) is 0 Å². The summed E-state index contributed by atoms with van der Waals surface area (Å²) in [6, 6.07) is 6.95. The van der Waals surface area contributed by atoms with Crippen molar-refractivity contribution in [2.45, 2.75) is 77.3 Å². The number of aromatic nitrogens is 3. The van der Waals surface area contributed by atoms with Gasteiger partial charge in [0.25, 0.3) is 0 Å². The van der Waals surface area contributed by atoms with Gasteiger partial charge in [0.05, 0.1) is 7.11 Å². The van der Waals surface area contributed by atoms with Crippen molar-refractivity contribution in [2.75, 3.05) is 42.7 Å². The molecule has 1 saturated heterocycles. The lowest BCUT2D eigenvalue weighted by molar-refractivity contribution is 0.277. The number of nitrogens with zero attached hydrogens (tertiary/aromatic N) is 4. The Morgan fingerprint density at radius 1 is 0.970 bits per heavy atom. The van der Waals surface area contributed by atoms with Crippen LogP contribution < -0.4 is 20.7 Å². The van der Waals surface area contributed by atoms with E-state index in [4.69, 9.17) is 19.7 Å². The van der Waals surface area contributed by atoms with Crippen LogP contribution in [0, 0.1) is 6.92 Å². The van der Waals surface area contributed by atoms with Crippen LogP contribution >= 0.6 is 0 Å². The molecular formula is C25H39N7O. The van der Waals surface area contributed by atoms with Crippen molar-refractivity contribution in [3.05, 3.63) is 23.8 Å². The number of likely N-dealkylation sites (N-methyl/N-ethyl adjacent to an activating group) is 1. The molecule has 1 saturated carbocycles. The van der Waals surface area contributed by atoms with Crippen LogP contribution in [-0.4, -0.2) is 58.7 Å². The second-order valence-electron chi connectivity index (χ2n) is 9.25. The number of hydrogen-bond acceptors (Lipinski definition) is 8. The molecule has 180 valence electrons. The summed E-state index contributed by atoms with van der Waals surface area (Å²) in [6.45, 7) is 7.38. The second-order valence-corrected chi connectivity index (χ2v) is 9.25. The third kappa shape index (κ3) is 6.47. The lowest BCUT2D eigenvalue weighted by atomic mass is 10.1. The highest BCUT2D eigenvalue weighted by Gasteiger charge is 2.23. The standard InChI is InChI=1S/C25H39N7O/c1-4-32-15-9-12-21(32)17-26-23-29-24(27-19-10-7-5-6-8-11-19)31-25(30-23)28-20-13-14-22(33-3)18(2)16-20/h13-14,16,19,21H,4-12,15,17H2,1-3H3,(H3,26,27,28,29,30,31). The van der Waals surface area contributed by atoms with Crippen molar-refractivity contribution in [1.82, 2.24) is 19.9 Å². The number of ether oxygens (including phenoxy) is 1. The molecule has 2 aromatic rings. The van der Waals surface area contributed by atoms with Crippen molar-refractivity contribution < 1.29 is 4.74 Å². The Hall–Kier alpha value is -2.61. The van der Waals surface area contributed by atoms with E-state index in [-0.39, 0.29) is 0 Å². The van der Waals surface area contributed by atoms with E-state index in [0.29, 0.717) is 29.9 Å². The zero-order valence-corrected chi connectivity index (χ0v) is 20.4. The van der Waals surface area contributed by atoms with Gasteiger partial charge in [-0.3, -0.25) is 4.90 Å². The van der Waals surface area contributed by atoms with Crippen molar-refractivity contribution in [1.29, 1.82) is 0 Å². The molecule has 2 fully saturated rings. The van der Waals surface area contributed by atoms with Crippen LogP contribution in [0.4, 0.5) is 23.5 Å². The van der Waals surface area contributed by atoms with Gasteiger partial charge >= 0.3 is 0 Å². The van der Waals surface area contributed by atoms with Gasteiger partial charge in [-0.2, -0.15) is 15.0 Å². The molecule has 0 spiro atoms. The predicted molar refractivity (Wildman–Crippen MR) is 135 cm³/mol. The van der Waals surface area contributed by atoms with Crippen LogP contribution in [0.25, 0.3) is 0 Å². The van der Waals surface area contributed by atoms with Gasteiger partial charge in [-0.25, -0.2) is 0 Å². The number of methoxy groups -OCH3 is 1. The normalized spacial score (nSPS) is 19.8. The summed E-state index contributed by atoms with van der Waals surface area (Å²) in [4.78, 5) is 16.7. The number of benzene rings is 1. The molecule has 4 rings (SSSR count). The molecule has 2 heterocycles. The topological polar surface area (TPSA) is 87.2 Å². The molecule has 3 N–H and O–H groups in total. The second kappa shape index (κ2) is 11.5. The first-order valence-corrected chi connectivity index (χ1v) is 12.6. The van der Waals surface area contributed by atoms with Crippen LogP contribution in [0.15, 0.2) is 18.2 Å². The molecule has 33 heavy (non-hydrogen) atoms. The Bertz CT molecular complexity index is 898. The highest BCUT2D eigenvalue weighted by molar-refractivity contribution is 5.58. The van der Waals surface area contributed by atoms with Crippen molar-refractivity contribution in [3.8, 4) is 5.75 Å². The molecule has 1 unspecified atom stereocenters. The maximum atomic E-state index is 5.39. The zero-order chi connectivity index (χ0) is 23.0. The van der Waals surface area contributed by atoms with Gasteiger partial charge in [0, 0.05) is 24.3 Å². The number of aryl methyl sites for hydroxylation is 1. The van der Waals surface area contributed by atoms with E-state index in [9.17, 15) is 0 Å². The largest absolute Gasteiger partial charge is 0.496 e. The molecule has 0 bridgehead atoms. The molecular weight excluding hydrogens is 414 g/mol. The summed E-state index contributed by atoms with van der Waals surface area (Å²) >= 11 is 0. The number of nitrogens with one attached hydrogen (secondary N) is 3. The Morgan fingerprint density at radius 2 is 1.73 bits per heavy atom. The summed E-state index contributed by atoms with van der Waals surface area (Å²) < 4.78 is 5.39. The molecule has 1 aromatic carbocycles. The first-order chi connectivity index (χ1) is 16.1. The predicted octanol–water partition coefficient (Wildman–Crippen LogP) is 4.96. The number of anilines is 4. The third-order valence-corrected chi connectivity index (χ3v) is 6.88. The van der Waals surface area contributed by atoms with E-state index in [1.807, 2.05) is 25.1 Å². The third-order valence-electron chi connectivity index (χ3n) is 6.88. The summed E-state index contributed by atoms with van der Waals surface area (Å²) in [5, 5.41) is 10.5. The molecule has 1 atom stereocenters. The molecule has 1 aromatic heterocycles. The summed E-state index contributed by atoms with van der Waals surface area (Å²) in [6.07, 6.45) is 9.98. The average Bonchev–Trinajstić information content (AvgIpc) is 3.12. The van der Waals surface area contributed by atoms with Crippen molar-refractivity contribution in [2.24, 2.45) is 0 Å². The monoisotopic (exact) mass is 453 g/mol. The van der Waals surface area contributed by atoms with Crippen LogP contribution in [0.1, 0.15) is 63.9 Å². The quantitative estimate of drug-likeness (QED) is 0.459. The average molecular weight is 454 g/mol. The molecule has 0 amide bonds. The first-order valence-electron chi connectivity index (χ1n) is 12.6. The maximum Gasteiger partial charge on any atom is 0.233 e. The molecule has 1 aliphatic heterocycles. The summed E-state index contributed by atoms with van der Waals surface area (Å²) in [5.74, 6) is 2.68. The van der Waals surface area contributed by atoms with E-state index in [1.165, 1.54) is 57.9 Å². The minimum atomic E-state index is 0.421. The SMILES string of the molecule is CCN1CCCC1CNc1nc(Nc2ccc(OC)c(C)c2)nc(NC2CCCCCC2)n1. The van der Waals surface area contributed by atoms with E-state index >= 15 is 0 Å². The van der Waals surface area contributed by atoms with Crippen molar-refractivity contribution in [3.63, 3.8) is 0 Å². The fraction of sp³-hybridized carbons (Fsp3) is 0.640. The van der Waals surface area contributed by atoms with E-state index in [1.54, 1.807) is 7.11 Å². The van der Waals surface area contributed by atoms with Gasteiger partial charge in [0.1, 0.15) is 5.75 Å².